The zero-order valence-corrected chi connectivity index (χ0v) is 11.5. The number of nitrogen functional groups attached to an aromatic ring is 1. The monoisotopic (exact) mass is 284 g/mol. The molecule has 0 saturated heterocycles. The minimum atomic E-state index is -0.246. The third kappa shape index (κ3) is 2.49. The summed E-state index contributed by atoms with van der Waals surface area (Å²) >= 11 is 7.30. The van der Waals surface area contributed by atoms with Crippen LogP contribution in [0.2, 0.25) is 4.34 Å². The molecule has 0 aliphatic carbocycles. The lowest BCUT2D eigenvalue weighted by Gasteiger charge is -2.12. The van der Waals surface area contributed by atoms with Crippen LogP contribution in [0.5, 0.6) is 0 Å². The van der Waals surface area contributed by atoms with E-state index in [4.69, 9.17) is 17.3 Å². The summed E-state index contributed by atoms with van der Waals surface area (Å²) in [4.78, 5) is 13.1. The third-order valence-electron chi connectivity index (χ3n) is 2.55. The van der Waals surface area contributed by atoms with Gasteiger partial charge in [0.15, 0.2) is 0 Å². The van der Waals surface area contributed by atoms with Crippen molar-refractivity contribution in [2.45, 2.75) is 13.0 Å². The van der Waals surface area contributed by atoms with Gasteiger partial charge in [-0.1, -0.05) is 11.6 Å². The molecule has 7 heteroatoms. The average molecular weight is 285 g/mol. The van der Waals surface area contributed by atoms with Crippen molar-refractivity contribution in [2.24, 2.45) is 7.05 Å². The molecule has 0 aliphatic heterocycles. The number of halogens is 1. The standard InChI is InChI=1S/C11H13ClN4OS/c1-6(8-3-4-9(12)18-8)15-11(17)10-7(13)5-14-16(10)2/h3-6H,13H2,1-2H3,(H,15,17). The van der Waals surface area contributed by atoms with Crippen molar-refractivity contribution in [3.8, 4) is 0 Å². The van der Waals surface area contributed by atoms with E-state index in [1.54, 1.807) is 7.05 Å². The number of rotatable bonds is 3. The van der Waals surface area contributed by atoms with Gasteiger partial charge in [0.1, 0.15) is 5.69 Å². The largest absolute Gasteiger partial charge is 0.396 e. The Hall–Kier alpha value is -1.53. The van der Waals surface area contributed by atoms with Crippen molar-refractivity contribution >= 4 is 34.5 Å². The predicted molar refractivity (Wildman–Crippen MR) is 72.8 cm³/mol. The zero-order valence-electron chi connectivity index (χ0n) is 9.98. The summed E-state index contributed by atoms with van der Waals surface area (Å²) in [5.41, 5.74) is 6.43. The molecule has 96 valence electrons. The number of aryl methyl sites for hydroxylation is 1. The highest BCUT2D eigenvalue weighted by molar-refractivity contribution is 7.16. The number of aromatic nitrogens is 2. The summed E-state index contributed by atoms with van der Waals surface area (Å²) in [6.07, 6.45) is 1.46. The lowest BCUT2D eigenvalue weighted by atomic mass is 10.2. The number of anilines is 1. The Kier molecular flexibility index (Phi) is 3.58. The Morgan fingerprint density at radius 2 is 2.33 bits per heavy atom. The molecule has 1 amide bonds. The number of hydrogen-bond acceptors (Lipinski definition) is 4. The summed E-state index contributed by atoms with van der Waals surface area (Å²) < 4.78 is 2.16. The molecule has 1 unspecified atom stereocenters. The van der Waals surface area contributed by atoms with Crippen LogP contribution < -0.4 is 11.1 Å². The van der Waals surface area contributed by atoms with Gasteiger partial charge in [0, 0.05) is 11.9 Å². The number of thiophene rings is 1. The maximum Gasteiger partial charge on any atom is 0.272 e. The van der Waals surface area contributed by atoms with Crippen molar-refractivity contribution in [1.82, 2.24) is 15.1 Å². The van der Waals surface area contributed by atoms with Gasteiger partial charge in [-0.05, 0) is 19.1 Å². The second-order valence-electron chi connectivity index (χ2n) is 3.91. The molecule has 1 atom stereocenters. The summed E-state index contributed by atoms with van der Waals surface area (Å²) in [5, 5.41) is 6.80. The molecule has 0 aliphatic rings. The average Bonchev–Trinajstić information content (AvgIpc) is 2.85. The van der Waals surface area contributed by atoms with Crippen molar-refractivity contribution in [1.29, 1.82) is 0 Å². The Balaban J connectivity index is 2.13. The molecule has 0 aromatic carbocycles. The van der Waals surface area contributed by atoms with Crippen LogP contribution in [0.4, 0.5) is 5.69 Å². The van der Waals surface area contributed by atoms with Gasteiger partial charge in [0.05, 0.1) is 22.3 Å². The molecule has 0 radical (unpaired) electrons. The molecule has 2 rings (SSSR count). The molecule has 2 heterocycles. The number of nitrogens with zero attached hydrogens (tertiary/aromatic N) is 2. The number of carbonyl (C=O) groups excluding carboxylic acids is 1. The van der Waals surface area contributed by atoms with Gasteiger partial charge >= 0.3 is 0 Å². The number of carbonyl (C=O) groups is 1. The number of hydrogen-bond donors (Lipinski definition) is 2. The fourth-order valence-electron chi connectivity index (χ4n) is 1.63. The van der Waals surface area contributed by atoms with Crippen molar-refractivity contribution in [3.63, 3.8) is 0 Å². The lowest BCUT2D eigenvalue weighted by Crippen LogP contribution is -2.28. The molecule has 0 spiro atoms. The number of nitrogens with two attached hydrogens (primary N) is 1. The van der Waals surface area contributed by atoms with E-state index in [0.29, 0.717) is 15.7 Å². The Morgan fingerprint density at radius 3 is 2.83 bits per heavy atom. The molecule has 0 saturated carbocycles. The summed E-state index contributed by atoms with van der Waals surface area (Å²) in [5.74, 6) is -0.246. The van der Waals surface area contributed by atoms with E-state index in [1.165, 1.54) is 22.2 Å². The predicted octanol–water partition coefficient (Wildman–Crippen LogP) is 2.21. The molecule has 2 aromatic heterocycles. The van der Waals surface area contributed by atoms with Crippen LogP contribution in [0.25, 0.3) is 0 Å². The van der Waals surface area contributed by atoms with Gasteiger partial charge in [-0.15, -0.1) is 11.3 Å². The van der Waals surface area contributed by atoms with Crippen LogP contribution >= 0.6 is 22.9 Å². The van der Waals surface area contributed by atoms with E-state index in [2.05, 4.69) is 10.4 Å². The van der Waals surface area contributed by atoms with Crippen LogP contribution in [-0.4, -0.2) is 15.7 Å². The second-order valence-corrected chi connectivity index (χ2v) is 5.66. The molecule has 3 N–H and O–H groups in total. The van der Waals surface area contributed by atoms with Gasteiger partial charge in [0.2, 0.25) is 0 Å². The lowest BCUT2D eigenvalue weighted by molar-refractivity contribution is 0.0932. The highest BCUT2D eigenvalue weighted by Crippen LogP contribution is 2.26. The van der Waals surface area contributed by atoms with E-state index in [9.17, 15) is 4.79 Å². The first-order valence-electron chi connectivity index (χ1n) is 5.32. The summed E-state index contributed by atoms with van der Waals surface area (Å²) in [7, 11) is 1.68. The topological polar surface area (TPSA) is 72.9 Å². The summed E-state index contributed by atoms with van der Waals surface area (Å²) in [6.45, 7) is 1.90. The minimum Gasteiger partial charge on any atom is -0.396 e. The first-order chi connectivity index (χ1) is 8.49. The first kappa shape index (κ1) is 12.9. The van der Waals surface area contributed by atoms with Crippen molar-refractivity contribution < 1.29 is 4.79 Å². The molecule has 0 bridgehead atoms. The maximum absolute atomic E-state index is 12.1. The van der Waals surface area contributed by atoms with Crippen LogP contribution in [0.3, 0.4) is 0 Å². The molecule has 18 heavy (non-hydrogen) atoms. The Morgan fingerprint density at radius 1 is 1.61 bits per heavy atom. The quantitative estimate of drug-likeness (QED) is 0.907. The van der Waals surface area contributed by atoms with Gasteiger partial charge in [-0.25, -0.2) is 0 Å². The number of nitrogens with one attached hydrogen (secondary N) is 1. The van der Waals surface area contributed by atoms with E-state index in [1.807, 2.05) is 19.1 Å². The summed E-state index contributed by atoms with van der Waals surface area (Å²) in [6, 6.07) is 3.58. The number of amides is 1. The second kappa shape index (κ2) is 4.99. The van der Waals surface area contributed by atoms with E-state index < -0.39 is 0 Å². The fourth-order valence-corrected chi connectivity index (χ4v) is 2.69. The van der Waals surface area contributed by atoms with Gasteiger partial charge in [-0.2, -0.15) is 5.10 Å². The van der Waals surface area contributed by atoms with Gasteiger partial charge in [0.25, 0.3) is 5.91 Å². The highest BCUT2D eigenvalue weighted by atomic mass is 35.5. The van der Waals surface area contributed by atoms with Crippen LogP contribution in [-0.2, 0) is 7.05 Å². The normalized spacial score (nSPS) is 12.4. The molecular formula is C11H13ClN4OS. The van der Waals surface area contributed by atoms with Crippen molar-refractivity contribution in [2.75, 3.05) is 5.73 Å². The van der Waals surface area contributed by atoms with Crippen LogP contribution in [0.1, 0.15) is 28.3 Å². The molecular weight excluding hydrogens is 272 g/mol. The van der Waals surface area contributed by atoms with E-state index in [-0.39, 0.29) is 11.9 Å². The molecule has 0 fully saturated rings. The smallest absolute Gasteiger partial charge is 0.272 e. The van der Waals surface area contributed by atoms with Crippen molar-refractivity contribution in [3.05, 3.63) is 33.2 Å². The fraction of sp³-hybridized carbons (Fsp3) is 0.273. The minimum absolute atomic E-state index is 0.121. The first-order valence-corrected chi connectivity index (χ1v) is 6.52. The molecule has 5 nitrogen and oxygen atoms in total. The third-order valence-corrected chi connectivity index (χ3v) is 3.96. The maximum atomic E-state index is 12.1. The van der Waals surface area contributed by atoms with E-state index in [0.717, 1.165) is 4.88 Å². The SMILES string of the molecule is CC(NC(=O)c1c(N)cnn1C)c1ccc(Cl)s1. The van der Waals surface area contributed by atoms with Gasteiger partial charge < -0.3 is 11.1 Å². The molecule has 2 aromatic rings. The Labute approximate surface area is 114 Å². The van der Waals surface area contributed by atoms with Gasteiger partial charge in [-0.3, -0.25) is 9.48 Å². The van der Waals surface area contributed by atoms with Crippen LogP contribution in [0.15, 0.2) is 18.3 Å². The highest BCUT2D eigenvalue weighted by Gasteiger charge is 2.18. The van der Waals surface area contributed by atoms with E-state index >= 15 is 0 Å². The Bertz CT molecular complexity index is 558. The van der Waals surface area contributed by atoms with Crippen LogP contribution in [0, 0.1) is 0 Å². The zero-order chi connectivity index (χ0) is 13.3.